The highest BCUT2D eigenvalue weighted by Crippen LogP contribution is 2.28. The first-order chi connectivity index (χ1) is 5.96. The maximum absolute atomic E-state index is 11.1. The zero-order chi connectivity index (χ0) is 10.1. The molecular weight excluding hydrogens is 186 g/mol. The predicted octanol–water partition coefficient (Wildman–Crippen LogP) is 2.10. The summed E-state index contributed by atoms with van der Waals surface area (Å²) < 4.78 is 0. The van der Waals surface area contributed by atoms with Crippen molar-refractivity contribution in [2.24, 2.45) is 5.73 Å². The van der Waals surface area contributed by atoms with Gasteiger partial charge in [-0.15, -0.1) is 0 Å². The molecule has 0 aromatic heterocycles. The van der Waals surface area contributed by atoms with Crippen LogP contribution in [0.2, 0.25) is 5.02 Å². The molecule has 0 fully saturated rings. The third kappa shape index (κ3) is 1.83. The second-order valence-electron chi connectivity index (χ2n) is 3.47. The van der Waals surface area contributed by atoms with E-state index < -0.39 is 5.41 Å². The van der Waals surface area contributed by atoms with Crippen molar-refractivity contribution in [1.82, 2.24) is 0 Å². The van der Waals surface area contributed by atoms with Crippen LogP contribution in [0.1, 0.15) is 19.4 Å². The second kappa shape index (κ2) is 3.38. The van der Waals surface area contributed by atoms with Crippen LogP contribution >= 0.6 is 11.6 Å². The number of hydrogen-bond acceptors (Lipinski definition) is 1. The lowest BCUT2D eigenvalue weighted by atomic mass is 9.84. The SMILES string of the molecule is CC(C)(C(N)=O)c1ccccc1Cl. The lowest BCUT2D eigenvalue weighted by Crippen LogP contribution is -2.35. The smallest absolute Gasteiger partial charge is 0.227 e. The summed E-state index contributed by atoms with van der Waals surface area (Å²) >= 11 is 5.95. The molecular formula is C10H12ClNO. The van der Waals surface area contributed by atoms with E-state index in [4.69, 9.17) is 17.3 Å². The Bertz CT molecular complexity index is 333. The van der Waals surface area contributed by atoms with E-state index in [0.29, 0.717) is 5.02 Å². The maximum Gasteiger partial charge on any atom is 0.227 e. The van der Waals surface area contributed by atoms with Crippen LogP contribution in [0.5, 0.6) is 0 Å². The van der Waals surface area contributed by atoms with E-state index in [2.05, 4.69) is 0 Å². The number of benzene rings is 1. The molecule has 0 aliphatic carbocycles. The molecule has 0 unspecified atom stereocenters. The van der Waals surface area contributed by atoms with Gasteiger partial charge in [0.2, 0.25) is 5.91 Å². The van der Waals surface area contributed by atoms with Gasteiger partial charge in [0.05, 0.1) is 5.41 Å². The van der Waals surface area contributed by atoms with E-state index in [1.807, 2.05) is 18.2 Å². The fraction of sp³-hybridized carbons (Fsp3) is 0.300. The van der Waals surface area contributed by atoms with Crippen LogP contribution in [-0.4, -0.2) is 5.91 Å². The van der Waals surface area contributed by atoms with E-state index >= 15 is 0 Å². The summed E-state index contributed by atoms with van der Waals surface area (Å²) in [6, 6.07) is 7.23. The Labute approximate surface area is 82.7 Å². The number of nitrogens with two attached hydrogens (primary N) is 1. The number of hydrogen-bond donors (Lipinski definition) is 1. The average molecular weight is 198 g/mol. The molecule has 0 aliphatic rings. The van der Waals surface area contributed by atoms with Gasteiger partial charge in [0.1, 0.15) is 0 Å². The fourth-order valence-electron chi connectivity index (χ4n) is 1.10. The van der Waals surface area contributed by atoms with Gasteiger partial charge in [0.15, 0.2) is 0 Å². The molecule has 70 valence electrons. The Balaban J connectivity index is 3.22. The van der Waals surface area contributed by atoms with Crippen molar-refractivity contribution in [2.45, 2.75) is 19.3 Å². The van der Waals surface area contributed by atoms with Crippen LogP contribution in [0.4, 0.5) is 0 Å². The molecule has 0 bridgehead atoms. The molecule has 1 aromatic carbocycles. The lowest BCUT2D eigenvalue weighted by Gasteiger charge is -2.21. The summed E-state index contributed by atoms with van der Waals surface area (Å²) in [4.78, 5) is 11.1. The monoisotopic (exact) mass is 197 g/mol. The first-order valence-electron chi connectivity index (χ1n) is 4.01. The minimum atomic E-state index is -0.710. The van der Waals surface area contributed by atoms with Crippen molar-refractivity contribution >= 4 is 17.5 Å². The van der Waals surface area contributed by atoms with Crippen molar-refractivity contribution in [3.63, 3.8) is 0 Å². The number of primary amides is 1. The zero-order valence-electron chi connectivity index (χ0n) is 7.67. The van der Waals surface area contributed by atoms with Crippen LogP contribution in [0, 0.1) is 0 Å². The maximum atomic E-state index is 11.1. The van der Waals surface area contributed by atoms with E-state index in [1.165, 1.54) is 0 Å². The van der Waals surface area contributed by atoms with E-state index in [1.54, 1.807) is 19.9 Å². The van der Waals surface area contributed by atoms with Gasteiger partial charge in [-0.3, -0.25) is 4.79 Å². The first-order valence-corrected chi connectivity index (χ1v) is 4.39. The van der Waals surface area contributed by atoms with Crippen molar-refractivity contribution in [3.05, 3.63) is 34.9 Å². The molecule has 1 aromatic rings. The topological polar surface area (TPSA) is 43.1 Å². The van der Waals surface area contributed by atoms with E-state index in [-0.39, 0.29) is 5.91 Å². The quantitative estimate of drug-likeness (QED) is 0.776. The molecule has 0 heterocycles. The highest BCUT2D eigenvalue weighted by Gasteiger charge is 2.28. The molecule has 0 saturated carbocycles. The molecule has 0 radical (unpaired) electrons. The normalized spacial score (nSPS) is 11.3. The fourth-order valence-corrected chi connectivity index (χ4v) is 1.47. The Morgan fingerprint density at radius 2 is 1.92 bits per heavy atom. The predicted molar refractivity (Wildman–Crippen MR) is 53.7 cm³/mol. The summed E-state index contributed by atoms with van der Waals surface area (Å²) in [5.74, 6) is -0.374. The summed E-state index contributed by atoms with van der Waals surface area (Å²) in [5, 5.41) is 0.575. The zero-order valence-corrected chi connectivity index (χ0v) is 8.43. The first kappa shape index (κ1) is 10.1. The van der Waals surface area contributed by atoms with Crippen molar-refractivity contribution in [1.29, 1.82) is 0 Å². The van der Waals surface area contributed by atoms with Gasteiger partial charge < -0.3 is 5.73 Å². The van der Waals surface area contributed by atoms with Crippen molar-refractivity contribution in [2.75, 3.05) is 0 Å². The van der Waals surface area contributed by atoms with Crippen LogP contribution in [0.3, 0.4) is 0 Å². The standard InChI is InChI=1S/C10H12ClNO/c1-10(2,9(12)13)7-5-3-4-6-8(7)11/h3-6H,1-2H3,(H2,12,13). The van der Waals surface area contributed by atoms with Crippen LogP contribution in [-0.2, 0) is 10.2 Å². The number of halogens is 1. The summed E-state index contributed by atoms with van der Waals surface area (Å²) in [5.41, 5.74) is 5.33. The van der Waals surface area contributed by atoms with Gasteiger partial charge in [-0.25, -0.2) is 0 Å². The van der Waals surface area contributed by atoms with Crippen molar-refractivity contribution < 1.29 is 4.79 Å². The van der Waals surface area contributed by atoms with Gasteiger partial charge in [0, 0.05) is 5.02 Å². The van der Waals surface area contributed by atoms with Gasteiger partial charge in [-0.05, 0) is 25.5 Å². The minimum Gasteiger partial charge on any atom is -0.369 e. The van der Waals surface area contributed by atoms with E-state index in [9.17, 15) is 4.79 Å². The third-order valence-electron chi connectivity index (χ3n) is 2.16. The minimum absolute atomic E-state index is 0.374. The highest BCUT2D eigenvalue weighted by atomic mass is 35.5. The number of carbonyl (C=O) groups is 1. The van der Waals surface area contributed by atoms with Gasteiger partial charge in [-0.2, -0.15) is 0 Å². The van der Waals surface area contributed by atoms with E-state index in [0.717, 1.165) is 5.56 Å². The van der Waals surface area contributed by atoms with Gasteiger partial charge in [0.25, 0.3) is 0 Å². The summed E-state index contributed by atoms with van der Waals surface area (Å²) in [6.07, 6.45) is 0. The molecule has 1 rings (SSSR count). The average Bonchev–Trinajstić information content (AvgIpc) is 2.04. The summed E-state index contributed by atoms with van der Waals surface area (Å²) in [6.45, 7) is 3.52. The van der Waals surface area contributed by atoms with Gasteiger partial charge >= 0.3 is 0 Å². The Morgan fingerprint density at radius 3 is 2.38 bits per heavy atom. The third-order valence-corrected chi connectivity index (χ3v) is 2.49. The molecule has 2 N–H and O–H groups in total. The molecule has 13 heavy (non-hydrogen) atoms. The van der Waals surface area contributed by atoms with Gasteiger partial charge in [-0.1, -0.05) is 29.8 Å². The van der Waals surface area contributed by atoms with Crippen molar-refractivity contribution in [3.8, 4) is 0 Å². The molecule has 0 spiro atoms. The lowest BCUT2D eigenvalue weighted by molar-refractivity contribution is -0.122. The van der Waals surface area contributed by atoms with Crippen LogP contribution in [0.15, 0.2) is 24.3 Å². The Hall–Kier alpha value is -1.02. The van der Waals surface area contributed by atoms with Crippen LogP contribution < -0.4 is 5.73 Å². The highest BCUT2D eigenvalue weighted by molar-refractivity contribution is 6.31. The number of amides is 1. The number of rotatable bonds is 2. The Kier molecular flexibility index (Phi) is 2.62. The Morgan fingerprint density at radius 1 is 1.38 bits per heavy atom. The molecule has 2 nitrogen and oxygen atoms in total. The summed E-state index contributed by atoms with van der Waals surface area (Å²) in [7, 11) is 0. The molecule has 3 heteroatoms. The molecule has 1 amide bonds. The number of carbonyl (C=O) groups excluding carboxylic acids is 1. The largest absolute Gasteiger partial charge is 0.369 e. The molecule has 0 saturated heterocycles. The molecule has 0 atom stereocenters. The second-order valence-corrected chi connectivity index (χ2v) is 3.88. The van der Waals surface area contributed by atoms with Crippen LogP contribution in [0.25, 0.3) is 0 Å². The molecule has 0 aliphatic heterocycles.